The number of phosphoric ester groups is 1. The molecule has 0 amide bonds. The van der Waals surface area contributed by atoms with Crippen molar-refractivity contribution in [1.29, 1.82) is 0 Å². The predicted octanol–water partition coefficient (Wildman–Crippen LogP) is 24.0. The van der Waals surface area contributed by atoms with Gasteiger partial charge >= 0.3 is 11.9 Å². The quantitative estimate of drug-likeness (QED) is 0.0195. The van der Waals surface area contributed by atoms with Crippen LogP contribution in [0.2, 0.25) is 0 Å². The van der Waals surface area contributed by atoms with Gasteiger partial charge in [0, 0.05) is 12.8 Å². The molecular weight excluding hydrogens is 1090 g/mol. The number of quaternary nitrogens is 1. The lowest BCUT2D eigenvalue weighted by Crippen LogP contribution is -2.37. The Hall–Kier alpha value is -1.77. The first kappa shape index (κ1) is 84.2. The Morgan fingerprint density at radius 2 is 0.628 bits per heavy atom. The van der Waals surface area contributed by atoms with Gasteiger partial charge in [-0.3, -0.25) is 14.2 Å². The van der Waals surface area contributed by atoms with Gasteiger partial charge in [0.1, 0.15) is 19.8 Å². The lowest BCUT2D eigenvalue weighted by molar-refractivity contribution is -0.870. The van der Waals surface area contributed by atoms with E-state index < -0.39 is 26.5 Å². The molecule has 508 valence electrons. The average Bonchev–Trinajstić information content (AvgIpc) is 3.56. The minimum absolute atomic E-state index is 0.0280. The number of esters is 2. The molecule has 0 aromatic heterocycles. The van der Waals surface area contributed by atoms with Crippen LogP contribution < -0.4 is 4.89 Å². The number of phosphoric acid groups is 1. The Bertz CT molecular complexity index is 1540. The van der Waals surface area contributed by atoms with Crippen molar-refractivity contribution >= 4 is 19.8 Å². The van der Waals surface area contributed by atoms with Crippen molar-refractivity contribution < 1.29 is 42.1 Å². The first-order valence-electron chi connectivity index (χ1n) is 37.7. The van der Waals surface area contributed by atoms with Crippen LogP contribution >= 0.6 is 7.82 Å². The third kappa shape index (κ3) is 71.3. The van der Waals surface area contributed by atoms with Crippen LogP contribution in [0.3, 0.4) is 0 Å². The van der Waals surface area contributed by atoms with Crippen LogP contribution in [-0.2, 0) is 32.7 Å². The zero-order valence-corrected chi connectivity index (χ0v) is 58.9. The fourth-order valence-electron chi connectivity index (χ4n) is 11.4. The summed E-state index contributed by atoms with van der Waals surface area (Å²) in [5.41, 5.74) is 0. The molecule has 0 aliphatic heterocycles. The van der Waals surface area contributed by atoms with Gasteiger partial charge in [0.15, 0.2) is 6.10 Å². The molecule has 0 aromatic rings. The Morgan fingerprint density at radius 3 is 0.930 bits per heavy atom. The van der Waals surface area contributed by atoms with Gasteiger partial charge in [-0.25, -0.2) is 0 Å². The fourth-order valence-corrected chi connectivity index (χ4v) is 12.1. The predicted molar refractivity (Wildman–Crippen MR) is 370 cm³/mol. The molecule has 0 fully saturated rings. The maximum absolute atomic E-state index is 12.9. The van der Waals surface area contributed by atoms with Crippen LogP contribution in [-0.4, -0.2) is 70.0 Å². The zero-order valence-electron chi connectivity index (χ0n) is 58.0. The number of likely N-dealkylation sites (N-methyl/N-ethyl adjacent to an activating group) is 1. The Kier molecular flexibility index (Phi) is 66.2. The summed E-state index contributed by atoms with van der Waals surface area (Å²) in [4.78, 5) is 38.1. The van der Waals surface area contributed by atoms with E-state index >= 15 is 0 Å². The summed E-state index contributed by atoms with van der Waals surface area (Å²) in [6, 6.07) is 0. The molecule has 2 unspecified atom stereocenters. The first-order chi connectivity index (χ1) is 42.0. The van der Waals surface area contributed by atoms with Crippen molar-refractivity contribution in [3.05, 3.63) is 36.5 Å². The third-order valence-corrected chi connectivity index (χ3v) is 18.1. The summed E-state index contributed by atoms with van der Waals surface area (Å²) in [6.07, 6.45) is 86.8. The summed E-state index contributed by atoms with van der Waals surface area (Å²) >= 11 is 0. The molecule has 0 saturated carbocycles. The van der Waals surface area contributed by atoms with Crippen molar-refractivity contribution in [1.82, 2.24) is 0 Å². The number of carbonyl (C=O) groups is 2. The first-order valence-corrected chi connectivity index (χ1v) is 39.2. The highest BCUT2D eigenvalue weighted by atomic mass is 31.2. The van der Waals surface area contributed by atoms with E-state index in [2.05, 4.69) is 50.3 Å². The second-order valence-corrected chi connectivity index (χ2v) is 28.4. The molecule has 0 heterocycles. The van der Waals surface area contributed by atoms with Gasteiger partial charge in [0.05, 0.1) is 27.7 Å². The van der Waals surface area contributed by atoms with Gasteiger partial charge in [-0.1, -0.05) is 359 Å². The summed E-state index contributed by atoms with van der Waals surface area (Å²) in [6.45, 7) is 4.31. The van der Waals surface area contributed by atoms with E-state index in [1.807, 2.05) is 21.1 Å². The highest BCUT2D eigenvalue weighted by Gasteiger charge is 2.22. The lowest BCUT2D eigenvalue weighted by atomic mass is 10.0. The van der Waals surface area contributed by atoms with Gasteiger partial charge in [-0.2, -0.15) is 0 Å². The van der Waals surface area contributed by atoms with Crippen LogP contribution in [0.15, 0.2) is 36.5 Å². The summed E-state index contributed by atoms with van der Waals surface area (Å²) in [5, 5.41) is 0. The molecule has 0 aliphatic rings. The number of rotatable bonds is 71. The normalized spacial score (nSPS) is 13.2. The lowest BCUT2D eigenvalue weighted by Gasteiger charge is -2.28. The molecule has 0 saturated heterocycles. The molecule has 86 heavy (non-hydrogen) atoms. The molecular formula is C76H146NO8P. The van der Waals surface area contributed by atoms with Crippen LogP contribution in [0.4, 0.5) is 0 Å². The number of unbranched alkanes of at least 4 members (excludes halogenated alkanes) is 51. The number of carbonyl (C=O) groups excluding carboxylic acids is 2. The summed E-state index contributed by atoms with van der Waals surface area (Å²) in [7, 11) is 1.19. The monoisotopic (exact) mass is 1230 g/mol. The van der Waals surface area contributed by atoms with Gasteiger partial charge in [0.2, 0.25) is 0 Å². The van der Waals surface area contributed by atoms with E-state index in [4.69, 9.17) is 18.5 Å². The van der Waals surface area contributed by atoms with E-state index in [1.165, 1.54) is 302 Å². The molecule has 0 spiro atoms. The van der Waals surface area contributed by atoms with Crippen LogP contribution in [0.25, 0.3) is 0 Å². The maximum Gasteiger partial charge on any atom is 0.306 e. The van der Waals surface area contributed by atoms with E-state index in [0.717, 1.165) is 51.4 Å². The molecule has 0 N–H and O–H groups in total. The van der Waals surface area contributed by atoms with Gasteiger partial charge in [0.25, 0.3) is 7.82 Å². The average molecular weight is 1230 g/mol. The number of hydrogen-bond acceptors (Lipinski definition) is 8. The second-order valence-electron chi connectivity index (χ2n) is 27.0. The molecule has 0 aliphatic carbocycles. The molecule has 0 rings (SSSR count). The molecule has 9 nitrogen and oxygen atoms in total. The molecule has 0 aromatic carbocycles. The standard InChI is InChI=1S/C76H146NO8P/c1-6-8-10-12-14-16-18-20-22-24-26-28-30-32-34-36-38-40-42-44-46-48-50-52-54-56-58-60-62-64-66-68-75(78)82-72-74(73-84-86(80,81)83-71-70-77(3,4)5)85-76(79)69-67-65-63-61-59-57-55-53-51-49-47-45-43-41-39-37-35-33-31-29-27-25-23-21-19-17-15-13-11-9-7-2/h19,21,25,27,31,33,74H,6-18,20,22-24,26,28-30,32,34-73H2,1-5H3/b21-19-,27-25-,33-31-. The topological polar surface area (TPSA) is 111 Å². The largest absolute Gasteiger partial charge is 0.756 e. The molecule has 0 bridgehead atoms. The Labute approximate surface area is 535 Å². The van der Waals surface area contributed by atoms with Crippen molar-refractivity contribution in [3.8, 4) is 0 Å². The highest BCUT2D eigenvalue weighted by Crippen LogP contribution is 2.38. The van der Waals surface area contributed by atoms with Crippen molar-refractivity contribution in [2.45, 2.75) is 392 Å². The van der Waals surface area contributed by atoms with Crippen LogP contribution in [0.1, 0.15) is 386 Å². The fraction of sp³-hybridized carbons (Fsp3) is 0.895. The van der Waals surface area contributed by atoms with Crippen LogP contribution in [0, 0.1) is 0 Å². The second kappa shape index (κ2) is 67.6. The third-order valence-electron chi connectivity index (χ3n) is 17.2. The van der Waals surface area contributed by atoms with Crippen molar-refractivity contribution in [2.75, 3.05) is 47.5 Å². The Balaban J connectivity index is 3.96. The van der Waals surface area contributed by atoms with Gasteiger partial charge in [-0.05, 0) is 51.4 Å². The van der Waals surface area contributed by atoms with E-state index in [-0.39, 0.29) is 32.0 Å². The SMILES string of the molecule is CCCCCCC/C=C\C/C=C\C/C=C\CCCCCCCCCCCCCCCCCCC(=O)OC(COC(=O)CCCCCCCCCCCCCCCCCCCCCCCCCCCCCCCCC)COP(=O)([O-])OCC[N+](C)(C)C. The van der Waals surface area contributed by atoms with E-state index in [9.17, 15) is 19.0 Å². The maximum atomic E-state index is 12.9. The minimum Gasteiger partial charge on any atom is -0.756 e. The number of hydrogen-bond donors (Lipinski definition) is 0. The van der Waals surface area contributed by atoms with E-state index in [1.54, 1.807) is 0 Å². The van der Waals surface area contributed by atoms with Crippen molar-refractivity contribution in [2.24, 2.45) is 0 Å². The van der Waals surface area contributed by atoms with Gasteiger partial charge in [-0.15, -0.1) is 0 Å². The van der Waals surface area contributed by atoms with Gasteiger partial charge < -0.3 is 27.9 Å². The summed E-state index contributed by atoms with van der Waals surface area (Å²) < 4.78 is 34.4. The van der Waals surface area contributed by atoms with Crippen LogP contribution in [0.5, 0.6) is 0 Å². The Morgan fingerprint density at radius 1 is 0.360 bits per heavy atom. The minimum atomic E-state index is -4.64. The highest BCUT2D eigenvalue weighted by molar-refractivity contribution is 7.45. The number of nitrogens with zero attached hydrogens (tertiary/aromatic N) is 1. The molecule has 2 atom stereocenters. The molecule has 0 radical (unpaired) electrons. The van der Waals surface area contributed by atoms with E-state index in [0.29, 0.717) is 17.4 Å². The number of ether oxygens (including phenoxy) is 2. The number of allylic oxidation sites excluding steroid dienone is 6. The van der Waals surface area contributed by atoms with Crippen molar-refractivity contribution in [3.63, 3.8) is 0 Å². The smallest absolute Gasteiger partial charge is 0.306 e. The zero-order chi connectivity index (χ0) is 62.6. The molecule has 10 heteroatoms. The summed E-state index contributed by atoms with van der Waals surface area (Å²) in [5.74, 6) is -0.810.